The highest BCUT2D eigenvalue weighted by Crippen LogP contribution is 2.34. The second kappa shape index (κ2) is 10.4. The molecule has 2 aromatic carbocycles. The van der Waals surface area contributed by atoms with E-state index in [0.29, 0.717) is 37.6 Å². The summed E-state index contributed by atoms with van der Waals surface area (Å²) in [5, 5.41) is 0. The molecule has 0 unspecified atom stereocenters. The van der Waals surface area contributed by atoms with Crippen molar-refractivity contribution in [3.8, 4) is 17.2 Å². The van der Waals surface area contributed by atoms with Crippen molar-refractivity contribution < 1.29 is 36.6 Å². The van der Waals surface area contributed by atoms with Gasteiger partial charge in [0.05, 0.1) is 24.0 Å². The Morgan fingerprint density at radius 2 is 1.76 bits per heavy atom. The summed E-state index contributed by atoms with van der Waals surface area (Å²) in [6.07, 6.45) is 1.45. The van der Waals surface area contributed by atoms with E-state index in [4.69, 9.17) is 18.9 Å². The van der Waals surface area contributed by atoms with E-state index in [1.807, 2.05) is 0 Å². The number of ether oxygens (including phenoxy) is 4. The smallest absolute Gasteiger partial charge is 0.309 e. The van der Waals surface area contributed by atoms with E-state index in [9.17, 15) is 17.6 Å². The summed E-state index contributed by atoms with van der Waals surface area (Å²) in [7, 11) is -3.72. The van der Waals surface area contributed by atoms with Gasteiger partial charge >= 0.3 is 5.97 Å². The van der Waals surface area contributed by atoms with Crippen LogP contribution < -0.4 is 14.2 Å². The van der Waals surface area contributed by atoms with E-state index >= 15 is 0 Å². The first kappa shape index (κ1) is 23.3. The summed E-state index contributed by atoms with van der Waals surface area (Å²) >= 11 is 0. The number of benzene rings is 2. The van der Waals surface area contributed by atoms with E-state index in [0.717, 1.165) is 6.42 Å². The van der Waals surface area contributed by atoms with Crippen molar-refractivity contribution in [2.45, 2.75) is 24.2 Å². The molecule has 0 aromatic heterocycles. The lowest BCUT2D eigenvalue weighted by molar-refractivity contribution is -0.150. The molecule has 4 rings (SSSR count). The summed E-state index contributed by atoms with van der Waals surface area (Å²) in [5.41, 5.74) is 0. The molecule has 33 heavy (non-hydrogen) atoms. The molecule has 178 valence electrons. The molecule has 0 aliphatic carbocycles. The van der Waals surface area contributed by atoms with Crippen LogP contribution in [0, 0.1) is 11.7 Å². The minimum Gasteiger partial charge on any atom is -0.490 e. The monoisotopic (exact) mass is 479 g/mol. The number of carbonyl (C=O) groups excluding carboxylic acids is 1. The molecule has 8 nitrogen and oxygen atoms in total. The molecule has 0 bridgehead atoms. The lowest BCUT2D eigenvalue weighted by Crippen LogP contribution is -2.40. The number of nitrogens with zero attached hydrogens (tertiary/aromatic N) is 1. The molecule has 2 heterocycles. The highest BCUT2D eigenvalue weighted by Gasteiger charge is 2.33. The molecule has 1 saturated heterocycles. The normalized spacial score (nSPS) is 17.2. The second-order valence-electron chi connectivity index (χ2n) is 7.78. The number of esters is 1. The number of fused-ring (bicyclic) bond motifs is 1. The zero-order valence-corrected chi connectivity index (χ0v) is 18.9. The molecule has 2 aliphatic heterocycles. The van der Waals surface area contributed by atoms with Crippen LogP contribution in [0.1, 0.15) is 19.3 Å². The van der Waals surface area contributed by atoms with Crippen molar-refractivity contribution in [1.82, 2.24) is 4.31 Å². The van der Waals surface area contributed by atoms with E-state index in [-0.39, 0.29) is 36.9 Å². The first-order valence-electron chi connectivity index (χ1n) is 10.9. The van der Waals surface area contributed by atoms with Crippen LogP contribution in [0.4, 0.5) is 4.39 Å². The van der Waals surface area contributed by atoms with Gasteiger partial charge in [-0.1, -0.05) is 12.1 Å². The van der Waals surface area contributed by atoms with E-state index in [1.165, 1.54) is 28.6 Å². The number of halogens is 1. The average molecular weight is 480 g/mol. The van der Waals surface area contributed by atoms with Crippen molar-refractivity contribution in [3.05, 3.63) is 48.3 Å². The zero-order chi connectivity index (χ0) is 23.3. The number of hydrogen-bond acceptors (Lipinski definition) is 7. The van der Waals surface area contributed by atoms with Crippen LogP contribution >= 0.6 is 0 Å². The third-order valence-corrected chi connectivity index (χ3v) is 7.46. The highest BCUT2D eigenvalue weighted by atomic mass is 32.2. The van der Waals surface area contributed by atoms with E-state index in [1.54, 1.807) is 18.2 Å². The predicted octanol–water partition coefficient (Wildman–Crippen LogP) is 3.01. The molecule has 2 aliphatic rings. The molecular weight excluding hydrogens is 453 g/mol. The van der Waals surface area contributed by atoms with Gasteiger partial charge < -0.3 is 18.9 Å². The van der Waals surface area contributed by atoms with Crippen molar-refractivity contribution in [1.29, 1.82) is 0 Å². The molecule has 2 aromatic rings. The van der Waals surface area contributed by atoms with Crippen molar-refractivity contribution >= 4 is 16.0 Å². The molecule has 0 amide bonds. The van der Waals surface area contributed by atoms with Gasteiger partial charge in [0.1, 0.15) is 13.2 Å². The maximum Gasteiger partial charge on any atom is 0.309 e. The van der Waals surface area contributed by atoms with Crippen LogP contribution in [0.5, 0.6) is 17.2 Å². The Balaban J connectivity index is 1.27. The Kier molecular flexibility index (Phi) is 7.34. The molecule has 10 heteroatoms. The predicted molar refractivity (Wildman–Crippen MR) is 116 cm³/mol. The van der Waals surface area contributed by atoms with Gasteiger partial charge in [-0.05, 0) is 37.1 Å². The first-order valence-corrected chi connectivity index (χ1v) is 12.3. The minimum atomic E-state index is -3.72. The molecule has 1 fully saturated rings. The minimum absolute atomic E-state index is 0.0110. The summed E-state index contributed by atoms with van der Waals surface area (Å²) in [4.78, 5) is 12.5. The third kappa shape index (κ3) is 5.56. The maximum absolute atomic E-state index is 13.5. The van der Waals surface area contributed by atoms with Crippen molar-refractivity contribution in [2.24, 2.45) is 5.92 Å². The fraction of sp³-hybridized carbons (Fsp3) is 0.435. The SMILES string of the molecule is O=C(OCCOc1ccccc1F)C1CCN(S(=O)(=O)c2ccc3c(c2)OCCCO3)CC1. The molecule has 0 spiro atoms. The van der Waals surface area contributed by atoms with Crippen LogP contribution in [0.15, 0.2) is 47.4 Å². The van der Waals surface area contributed by atoms with Gasteiger partial charge in [0, 0.05) is 25.6 Å². The van der Waals surface area contributed by atoms with E-state index in [2.05, 4.69) is 0 Å². The van der Waals surface area contributed by atoms with E-state index < -0.39 is 27.7 Å². The first-order chi connectivity index (χ1) is 15.9. The number of sulfonamides is 1. The van der Waals surface area contributed by atoms with Gasteiger partial charge in [-0.2, -0.15) is 4.31 Å². The van der Waals surface area contributed by atoms with Crippen molar-refractivity contribution in [3.63, 3.8) is 0 Å². The molecule has 0 saturated carbocycles. The van der Waals surface area contributed by atoms with Gasteiger partial charge in [-0.25, -0.2) is 12.8 Å². The Morgan fingerprint density at radius 1 is 1.03 bits per heavy atom. The standard InChI is InChI=1S/C23H26FNO7S/c24-19-4-1-2-5-20(19)31-14-15-32-23(26)17-8-10-25(11-9-17)33(27,28)18-6-7-21-22(16-18)30-13-3-12-29-21/h1-2,4-7,16-17H,3,8-15H2. The van der Waals surface area contributed by atoms with Crippen LogP contribution in [0.3, 0.4) is 0 Å². The fourth-order valence-corrected chi connectivity index (χ4v) is 5.24. The maximum atomic E-state index is 13.5. The van der Waals surface area contributed by atoms with Crippen LogP contribution in [0.25, 0.3) is 0 Å². The van der Waals surface area contributed by atoms with Gasteiger partial charge in [0.15, 0.2) is 23.1 Å². The fourth-order valence-electron chi connectivity index (χ4n) is 3.76. The quantitative estimate of drug-likeness (QED) is 0.445. The van der Waals surface area contributed by atoms with Crippen molar-refractivity contribution in [2.75, 3.05) is 39.5 Å². The van der Waals surface area contributed by atoms with Gasteiger partial charge in [0.2, 0.25) is 10.0 Å². The second-order valence-corrected chi connectivity index (χ2v) is 9.72. The Hall–Kier alpha value is -2.85. The number of hydrogen-bond donors (Lipinski definition) is 0. The Bertz CT molecular complexity index is 1080. The Morgan fingerprint density at radius 3 is 2.52 bits per heavy atom. The van der Waals surface area contributed by atoms with Crippen LogP contribution in [0.2, 0.25) is 0 Å². The van der Waals surface area contributed by atoms with Crippen LogP contribution in [-0.4, -0.2) is 58.2 Å². The third-order valence-electron chi connectivity index (χ3n) is 5.57. The number of rotatable bonds is 7. The lowest BCUT2D eigenvalue weighted by Gasteiger charge is -2.30. The lowest BCUT2D eigenvalue weighted by atomic mass is 9.98. The zero-order valence-electron chi connectivity index (χ0n) is 18.1. The molecule has 0 N–H and O–H groups in total. The summed E-state index contributed by atoms with van der Waals surface area (Å²) < 4.78 is 62.7. The summed E-state index contributed by atoms with van der Waals surface area (Å²) in [6.45, 7) is 1.44. The van der Waals surface area contributed by atoms with Gasteiger partial charge in [0.25, 0.3) is 0 Å². The largest absolute Gasteiger partial charge is 0.490 e. The van der Waals surface area contributed by atoms with Gasteiger partial charge in [-0.3, -0.25) is 4.79 Å². The topological polar surface area (TPSA) is 91.4 Å². The molecule has 0 atom stereocenters. The Labute approximate surface area is 192 Å². The van der Waals surface area contributed by atoms with Gasteiger partial charge in [-0.15, -0.1) is 0 Å². The highest BCUT2D eigenvalue weighted by molar-refractivity contribution is 7.89. The number of carbonyl (C=O) groups is 1. The average Bonchev–Trinajstić information content (AvgIpc) is 3.08. The summed E-state index contributed by atoms with van der Waals surface area (Å²) in [5.74, 6) is -0.224. The number of piperidine rings is 1. The molecular formula is C23H26FNO7S. The molecule has 0 radical (unpaired) electrons. The number of para-hydroxylation sites is 1. The summed E-state index contributed by atoms with van der Waals surface area (Å²) in [6, 6.07) is 10.6. The van der Waals surface area contributed by atoms with Crippen LogP contribution in [-0.2, 0) is 19.6 Å².